The lowest BCUT2D eigenvalue weighted by atomic mass is 10.2. The molecular formula is C23H29N5O2. The van der Waals surface area contributed by atoms with Crippen LogP contribution in [0.5, 0.6) is 0 Å². The van der Waals surface area contributed by atoms with Crippen molar-refractivity contribution in [1.29, 1.82) is 0 Å². The van der Waals surface area contributed by atoms with Crippen molar-refractivity contribution < 1.29 is 4.79 Å². The van der Waals surface area contributed by atoms with Crippen LogP contribution in [0.2, 0.25) is 0 Å². The molecule has 3 aromatic rings. The number of anilines is 3. The minimum atomic E-state index is -0.291. The number of aryl methyl sites for hydroxylation is 3. The van der Waals surface area contributed by atoms with E-state index in [-0.39, 0.29) is 11.7 Å². The van der Waals surface area contributed by atoms with Crippen molar-refractivity contribution in [2.75, 3.05) is 28.6 Å². The van der Waals surface area contributed by atoms with Crippen molar-refractivity contribution in [3.8, 4) is 0 Å². The van der Waals surface area contributed by atoms with Crippen LogP contribution < -0.4 is 21.2 Å². The van der Waals surface area contributed by atoms with Gasteiger partial charge in [0.25, 0.3) is 0 Å². The molecule has 4 rings (SSSR count). The molecule has 1 aromatic heterocycles. The smallest absolute Gasteiger partial charge is 0.329 e. The van der Waals surface area contributed by atoms with Gasteiger partial charge in [-0.2, -0.15) is 0 Å². The molecule has 1 aliphatic rings. The van der Waals surface area contributed by atoms with E-state index in [9.17, 15) is 9.59 Å². The molecule has 0 aliphatic carbocycles. The van der Waals surface area contributed by atoms with Crippen LogP contribution in [0, 0.1) is 6.92 Å². The fourth-order valence-corrected chi connectivity index (χ4v) is 4.29. The lowest BCUT2D eigenvalue weighted by molar-refractivity contribution is 0.262. The second-order valence-electron chi connectivity index (χ2n) is 7.77. The number of imidazole rings is 1. The SMILES string of the molecule is CCn1c(=O)n(CC)c2cc(N3CCCC3)c(NC(=O)Nc3cccc(C)c3)cc21. The Kier molecular flexibility index (Phi) is 5.53. The summed E-state index contributed by atoms with van der Waals surface area (Å²) in [6, 6.07) is 11.4. The van der Waals surface area contributed by atoms with Crippen molar-refractivity contribution in [2.45, 2.75) is 46.7 Å². The van der Waals surface area contributed by atoms with Crippen molar-refractivity contribution in [1.82, 2.24) is 9.13 Å². The van der Waals surface area contributed by atoms with Crippen LogP contribution in [-0.4, -0.2) is 28.3 Å². The molecular weight excluding hydrogens is 378 g/mol. The van der Waals surface area contributed by atoms with E-state index < -0.39 is 0 Å². The van der Waals surface area contributed by atoms with E-state index >= 15 is 0 Å². The van der Waals surface area contributed by atoms with Gasteiger partial charge in [0.05, 0.1) is 22.4 Å². The molecule has 2 N–H and O–H groups in total. The van der Waals surface area contributed by atoms with E-state index in [1.807, 2.05) is 51.1 Å². The zero-order valence-electron chi connectivity index (χ0n) is 17.9. The third kappa shape index (κ3) is 3.67. The molecule has 2 heterocycles. The first-order valence-electron chi connectivity index (χ1n) is 10.7. The van der Waals surface area contributed by atoms with Gasteiger partial charge in [0.15, 0.2) is 0 Å². The van der Waals surface area contributed by atoms with E-state index in [4.69, 9.17) is 0 Å². The topological polar surface area (TPSA) is 71.3 Å². The molecule has 1 aliphatic heterocycles. The number of hydrogen-bond acceptors (Lipinski definition) is 3. The summed E-state index contributed by atoms with van der Waals surface area (Å²) < 4.78 is 3.56. The maximum atomic E-state index is 12.8. The molecule has 7 nitrogen and oxygen atoms in total. The number of benzene rings is 2. The Balaban J connectivity index is 1.75. The fraction of sp³-hybridized carbons (Fsp3) is 0.391. The lowest BCUT2D eigenvalue weighted by Gasteiger charge is -2.22. The summed E-state index contributed by atoms with van der Waals surface area (Å²) in [5.74, 6) is 0. The van der Waals surface area contributed by atoms with Crippen molar-refractivity contribution in [3.63, 3.8) is 0 Å². The molecule has 0 atom stereocenters. The number of amides is 2. The Morgan fingerprint density at radius 2 is 1.63 bits per heavy atom. The van der Waals surface area contributed by atoms with Gasteiger partial charge in [-0.25, -0.2) is 9.59 Å². The predicted octanol–water partition coefficient (Wildman–Crippen LogP) is 4.40. The van der Waals surface area contributed by atoms with Crippen molar-refractivity contribution in [2.24, 2.45) is 0 Å². The molecule has 7 heteroatoms. The van der Waals surface area contributed by atoms with Gasteiger partial charge >= 0.3 is 11.7 Å². The third-order valence-corrected chi connectivity index (χ3v) is 5.74. The second-order valence-corrected chi connectivity index (χ2v) is 7.77. The standard InChI is InChI=1S/C23H29N5O2/c1-4-27-20-14-18(25-22(29)24-17-10-8-9-16(3)13-17)19(26-11-6-7-12-26)15-21(20)28(5-2)23(27)30/h8-10,13-15H,4-7,11-12H2,1-3H3,(H2,24,25,29). The van der Waals surface area contributed by atoms with Gasteiger partial charge in [-0.15, -0.1) is 0 Å². The molecule has 0 unspecified atom stereocenters. The highest BCUT2D eigenvalue weighted by Gasteiger charge is 2.21. The number of carbonyl (C=O) groups excluding carboxylic acids is 1. The third-order valence-electron chi connectivity index (χ3n) is 5.74. The largest absolute Gasteiger partial charge is 0.370 e. The van der Waals surface area contributed by atoms with E-state index in [0.717, 1.165) is 59.6 Å². The van der Waals surface area contributed by atoms with Crippen LogP contribution in [0.25, 0.3) is 11.0 Å². The Morgan fingerprint density at radius 1 is 0.967 bits per heavy atom. The number of aromatic nitrogens is 2. The number of nitrogens with zero attached hydrogens (tertiary/aromatic N) is 3. The van der Waals surface area contributed by atoms with E-state index in [1.54, 1.807) is 9.13 Å². The predicted molar refractivity (Wildman–Crippen MR) is 123 cm³/mol. The van der Waals surface area contributed by atoms with Gasteiger partial charge in [-0.1, -0.05) is 12.1 Å². The molecule has 0 spiro atoms. The van der Waals surface area contributed by atoms with Crippen LogP contribution in [-0.2, 0) is 13.1 Å². The maximum absolute atomic E-state index is 12.8. The minimum Gasteiger partial charge on any atom is -0.370 e. The Labute approximate surface area is 176 Å². The normalized spacial score (nSPS) is 13.8. The first-order chi connectivity index (χ1) is 14.5. The summed E-state index contributed by atoms with van der Waals surface area (Å²) in [5.41, 5.74) is 5.27. The number of fused-ring (bicyclic) bond motifs is 1. The summed E-state index contributed by atoms with van der Waals surface area (Å²) in [6.07, 6.45) is 2.26. The van der Waals surface area contributed by atoms with Gasteiger partial charge < -0.3 is 15.5 Å². The number of hydrogen-bond donors (Lipinski definition) is 2. The van der Waals surface area contributed by atoms with Gasteiger partial charge in [-0.05, 0) is 63.4 Å². The number of rotatable bonds is 5. The molecule has 1 fully saturated rings. The average Bonchev–Trinajstić information content (AvgIpc) is 3.32. The first-order valence-corrected chi connectivity index (χ1v) is 10.7. The molecule has 2 amide bonds. The highest BCUT2D eigenvalue weighted by molar-refractivity contribution is 6.04. The summed E-state index contributed by atoms with van der Waals surface area (Å²) in [4.78, 5) is 27.9. The summed E-state index contributed by atoms with van der Waals surface area (Å²) >= 11 is 0. The Morgan fingerprint density at radius 3 is 2.27 bits per heavy atom. The zero-order valence-corrected chi connectivity index (χ0v) is 17.9. The van der Waals surface area contributed by atoms with E-state index in [2.05, 4.69) is 21.6 Å². The highest BCUT2D eigenvalue weighted by atomic mass is 16.2. The van der Waals surface area contributed by atoms with Crippen molar-refractivity contribution in [3.05, 3.63) is 52.4 Å². The summed E-state index contributed by atoms with van der Waals surface area (Å²) in [7, 11) is 0. The van der Waals surface area contributed by atoms with E-state index in [1.165, 1.54) is 0 Å². The Hall–Kier alpha value is -3.22. The molecule has 1 saturated heterocycles. The second kappa shape index (κ2) is 8.26. The van der Waals surface area contributed by atoms with Crippen LogP contribution in [0.15, 0.2) is 41.2 Å². The van der Waals surface area contributed by atoms with Crippen LogP contribution in [0.3, 0.4) is 0 Å². The quantitative estimate of drug-likeness (QED) is 0.659. The van der Waals surface area contributed by atoms with Gasteiger partial charge in [0.2, 0.25) is 0 Å². The monoisotopic (exact) mass is 407 g/mol. The maximum Gasteiger partial charge on any atom is 0.329 e. The van der Waals surface area contributed by atoms with Gasteiger partial charge in [0, 0.05) is 31.9 Å². The minimum absolute atomic E-state index is 0.0104. The molecule has 30 heavy (non-hydrogen) atoms. The Bertz CT molecular complexity index is 1140. The molecule has 0 bridgehead atoms. The summed E-state index contributed by atoms with van der Waals surface area (Å²) in [5, 5.41) is 5.94. The number of urea groups is 1. The van der Waals surface area contributed by atoms with Crippen molar-refractivity contribution >= 4 is 34.1 Å². The molecule has 0 saturated carbocycles. The van der Waals surface area contributed by atoms with Crippen LogP contribution in [0.1, 0.15) is 32.3 Å². The van der Waals surface area contributed by atoms with E-state index in [0.29, 0.717) is 13.1 Å². The first kappa shape index (κ1) is 20.1. The molecule has 2 aromatic carbocycles. The zero-order chi connectivity index (χ0) is 21.3. The fourth-order valence-electron chi connectivity index (χ4n) is 4.29. The molecule has 0 radical (unpaired) electrons. The average molecular weight is 408 g/mol. The van der Waals surface area contributed by atoms with Crippen LogP contribution in [0.4, 0.5) is 21.9 Å². The van der Waals surface area contributed by atoms with Crippen LogP contribution >= 0.6 is 0 Å². The summed E-state index contributed by atoms with van der Waals surface area (Å²) in [6.45, 7) is 9.03. The molecule has 158 valence electrons. The number of nitrogens with one attached hydrogen (secondary N) is 2. The number of carbonyl (C=O) groups is 1. The van der Waals surface area contributed by atoms with Gasteiger partial charge in [-0.3, -0.25) is 9.13 Å². The lowest BCUT2D eigenvalue weighted by Crippen LogP contribution is -2.24. The van der Waals surface area contributed by atoms with Gasteiger partial charge in [0.1, 0.15) is 0 Å². The highest BCUT2D eigenvalue weighted by Crippen LogP contribution is 2.33.